The van der Waals surface area contributed by atoms with Gasteiger partial charge in [0.1, 0.15) is 45.9 Å². The number of carboxylic acid groups (broad SMARTS) is 1. The molecule has 0 radical (unpaired) electrons. The van der Waals surface area contributed by atoms with E-state index in [1.165, 1.54) is 21.9 Å². The predicted molar refractivity (Wildman–Crippen MR) is 149 cm³/mol. The summed E-state index contributed by atoms with van der Waals surface area (Å²) in [7, 11) is 0. The van der Waals surface area contributed by atoms with Crippen LogP contribution in [-0.4, -0.2) is 99.7 Å². The minimum atomic E-state index is -1.11. The zero-order chi connectivity index (χ0) is 30.5. The number of rotatable bonds is 3. The number of β-amino-alcohol motifs (C(OH)–C–C–N with tert-alkyl or cyclic N) is 1. The predicted octanol–water partition coefficient (Wildman–Crippen LogP) is 4.01. The first kappa shape index (κ1) is 29.6. The number of amides is 2. The fourth-order valence-electron chi connectivity index (χ4n) is 5.47. The van der Waals surface area contributed by atoms with Gasteiger partial charge in [-0.15, -0.1) is 0 Å². The van der Waals surface area contributed by atoms with Gasteiger partial charge in [0.2, 0.25) is 0 Å². The first-order valence-electron chi connectivity index (χ1n) is 13.5. The van der Waals surface area contributed by atoms with E-state index in [1.54, 1.807) is 25.7 Å². The first-order chi connectivity index (χ1) is 19.7. The van der Waals surface area contributed by atoms with Crippen LogP contribution >= 0.6 is 11.6 Å². The summed E-state index contributed by atoms with van der Waals surface area (Å²) in [5.74, 6) is -1.43. The highest BCUT2D eigenvalue weighted by atomic mass is 35.5. The van der Waals surface area contributed by atoms with Crippen molar-refractivity contribution in [2.45, 2.75) is 57.9 Å². The maximum atomic E-state index is 15.5. The molecule has 12 nitrogen and oxygen atoms in total. The third-order valence-electron chi connectivity index (χ3n) is 7.34. The molecular weight excluding hydrogens is 575 g/mol. The van der Waals surface area contributed by atoms with E-state index in [0.29, 0.717) is 6.42 Å². The molecule has 4 heterocycles. The molecule has 226 valence electrons. The molecule has 2 amide bonds. The number of hydrogen-bond acceptors (Lipinski definition) is 9. The van der Waals surface area contributed by atoms with Gasteiger partial charge >= 0.3 is 12.2 Å². The Kier molecular flexibility index (Phi) is 7.84. The molecule has 42 heavy (non-hydrogen) atoms. The molecule has 2 unspecified atom stereocenters. The van der Waals surface area contributed by atoms with Gasteiger partial charge in [0.25, 0.3) is 5.91 Å². The van der Waals surface area contributed by atoms with Crippen LogP contribution in [0.5, 0.6) is 11.5 Å². The average molecular weight is 607 g/mol. The lowest BCUT2D eigenvalue weighted by Gasteiger charge is -2.38. The number of benzene rings is 1. The molecule has 3 aliphatic heterocycles. The molecule has 0 saturated carbocycles. The minimum absolute atomic E-state index is 0.0296. The van der Waals surface area contributed by atoms with Crippen molar-refractivity contribution < 1.29 is 43.2 Å². The smallest absolute Gasteiger partial charge is 0.489 e. The number of anilines is 1. The van der Waals surface area contributed by atoms with E-state index in [1.807, 2.05) is 6.92 Å². The van der Waals surface area contributed by atoms with Crippen LogP contribution in [0.15, 0.2) is 18.2 Å². The summed E-state index contributed by atoms with van der Waals surface area (Å²) in [6.45, 7) is 7.14. The van der Waals surface area contributed by atoms with Gasteiger partial charge in [-0.05, 0) is 46.2 Å². The van der Waals surface area contributed by atoms with E-state index in [0.717, 1.165) is 6.07 Å². The quantitative estimate of drug-likeness (QED) is 0.389. The van der Waals surface area contributed by atoms with Crippen molar-refractivity contribution in [2.24, 2.45) is 0 Å². The summed E-state index contributed by atoms with van der Waals surface area (Å²) in [6.07, 6.45) is -2.48. The van der Waals surface area contributed by atoms with Crippen molar-refractivity contribution in [3.05, 3.63) is 34.6 Å². The van der Waals surface area contributed by atoms with E-state index in [-0.39, 0.29) is 78.0 Å². The Balaban J connectivity index is 1.66. The number of aliphatic hydroxyl groups excluding tert-OH is 1. The zero-order valence-electron chi connectivity index (χ0n) is 23.6. The summed E-state index contributed by atoms with van der Waals surface area (Å²) < 4.78 is 32.3. The van der Waals surface area contributed by atoms with Crippen molar-refractivity contribution in [1.82, 2.24) is 14.8 Å². The summed E-state index contributed by atoms with van der Waals surface area (Å²) in [5.41, 5.74) is -1.24. The van der Waals surface area contributed by atoms with Gasteiger partial charge < -0.3 is 39.1 Å². The molecule has 1 aromatic heterocycles. The largest absolute Gasteiger partial charge is 0.514 e. The molecule has 14 heteroatoms. The molecule has 3 aliphatic rings. The lowest BCUT2D eigenvalue weighted by Crippen LogP contribution is -2.57. The van der Waals surface area contributed by atoms with E-state index < -0.39 is 41.7 Å². The second kappa shape index (κ2) is 11.1. The van der Waals surface area contributed by atoms with Gasteiger partial charge in [-0.1, -0.05) is 17.7 Å². The normalized spacial score (nSPS) is 22.2. The van der Waals surface area contributed by atoms with E-state index in [2.05, 4.69) is 4.98 Å². The number of nitrogens with zero attached hydrogens (tertiary/aromatic N) is 4. The van der Waals surface area contributed by atoms with Crippen LogP contribution in [0.1, 0.15) is 44.5 Å². The Morgan fingerprint density at radius 1 is 1.17 bits per heavy atom. The molecule has 2 N–H and O–H groups in total. The Morgan fingerprint density at radius 3 is 2.55 bits per heavy atom. The van der Waals surface area contributed by atoms with Gasteiger partial charge in [-0.3, -0.25) is 4.79 Å². The second-order valence-electron chi connectivity index (χ2n) is 11.6. The monoisotopic (exact) mass is 606 g/mol. The number of pyridine rings is 1. The number of aliphatic hydroxyl groups is 1. The number of ether oxygens (including phenoxy) is 3. The molecule has 2 aromatic rings. The van der Waals surface area contributed by atoms with Crippen LogP contribution in [0.2, 0.25) is 5.02 Å². The van der Waals surface area contributed by atoms with Crippen LogP contribution in [0.4, 0.5) is 19.8 Å². The van der Waals surface area contributed by atoms with Crippen molar-refractivity contribution >= 4 is 35.6 Å². The van der Waals surface area contributed by atoms with Crippen LogP contribution < -0.4 is 14.4 Å². The number of fused-ring (bicyclic) bond motifs is 2. The van der Waals surface area contributed by atoms with E-state index >= 15 is 4.39 Å². The van der Waals surface area contributed by atoms with E-state index in [9.17, 15) is 24.6 Å². The average Bonchev–Trinajstić information content (AvgIpc) is 3.15. The highest BCUT2D eigenvalue weighted by Gasteiger charge is 2.43. The zero-order valence-corrected chi connectivity index (χ0v) is 24.4. The van der Waals surface area contributed by atoms with Gasteiger partial charge in [0.15, 0.2) is 5.75 Å². The fraction of sp³-hybridized carbons (Fsp3) is 0.500. The van der Waals surface area contributed by atoms with Crippen LogP contribution in [-0.2, 0) is 4.74 Å². The maximum Gasteiger partial charge on any atom is 0.514 e. The molecule has 5 rings (SSSR count). The maximum absolute atomic E-state index is 15.5. The second-order valence-corrected chi connectivity index (χ2v) is 11.9. The molecular formula is C28H32ClFN4O8. The number of carbonyl (C=O) groups excluding carboxylic acids is 2. The fourth-order valence-corrected chi connectivity index (χ4v) is 5.76. The highest BCUT2D eigenvalue weighted by molar-refractivity contribution is 6.35. The lowest BCUT2D eigenvalue weighted by molar-refractivity contribution is 0.0206. The number of halogens is 2. The van der Waals surface area contributed by atoms with Gasteiger partial charge in [0.05, 0.1) is 17.7 Å². The number of hydrogen-bond donors (Lipinski definition) is 2. The number of aromatic nitrogens is 1. The molecule has 2 fully saturated rings. The molecule has 0 bridgehead atoms. The minimum Gasteiger partial charge on any atom is -0.489 e. The molecule has 1 aromatic carbocycles. The van der Waals surface area contributed by atoms with Crippen molar-refractivity contribution in [3.63, 3.8) is 0 Å². The Hall–Kier alpha value is -3.84. The van der Waals surface area contributed by atoms with Gasteiger partial charge in [-0.2, -0.15) is 0 Å². The first-order valence-corrected chi connectivity index (χ1v) is 13.9. The summed E-state index contributed by atoms with van der Waals surface area (Å²) in [4.78, 5) is 47.4. The van der Waals surface area contributed by atoms with Gasteiger partial charge in [-0.25, -0.2) is 19.0 Å². The Labute approximate surface area is 246 Å². The van der Waals surface area contributed by atoms with Crippen molar-refractivity contribution in [2.75, 3.05) is 37.7 Å². The summed E-state index contributed by atoms with van der Waals surface area (Å²) in [5, 5.41) is 19.7. The van der Waals surface area contributed by atoms with Crippen molar-refractivity contribution in [1.29, 1.82) is 0 Å². The number of carbonyl (C=O) groups is 3. The molecule has 0 aliphatic carbocycles. The van der Waals surface area contributed by atoms with Crippen molar-refractivity contribution in [3.8, 4) is 22.8 Å². The van der Waals surface area contributed by atoms with Crippen LogP contribution in [0, 0.1) is 5.82 Å². The third-order valence-corrected chi connectivity index (χ3v) is 7.69. The summed E-state index contributed by atoms with van der Waals surface area (Å²) >= 11 is 6.84. The highest BCUT2D eigenvalue weighted by Crippen LogP contribution is 2.47. The Bertz CT molecular complexity index is 1430. The van der Waals surface area contributed by atoms with E-state index in [4.69, 9.17) is 25.8 Å². The molecule has 3 atom stereocenters. The summed E-state index contributed by atoms with van der Waals surface area (Å²) in [6, 6.07) is 3.00. The molecule has 2 saturated heterocycles. The third kappa shape index (κ3) is 5.62. The van der Waals surface area contributed by atoms with Crippen LogP contribution in [0.25, 0.3) is 11.3 Å². The van der Waals surface area contributed by atoms with Crippen LogP contribution in [0.3, 0.4) is 0 Å². The lowest BCUT2D eigenvalue weighted by atomic mass is 10.0. The number of piperazine rings is 1. The standard InChI is InChI=1S/C28H32ClFN4O8/c1-14-10-16(35)12-34(14)24-20-23(40-13-15-11-32(26(37)38)8-9-33(15)25(20)36)21(29)22(31-24)19-17(30)6-5-7-18(19)41-27(39)42-28(2,3)4/h5-7,14-16,35H,8-13H2,1-4H3,(H,37,38)/t14?,15-,16?/m0/s1. The Morgan fingerprint density at radius 2 is 1.90 bits per heavy atom. The SMILES string of the molecule is CC1CC(O)CN1c1nc(-c2c(F)cccc2OC(=O)OC(C)(C)C)c(Cl)c2c1C(=O)N1CCN(C(=O)O)C[C@H]1CO2. The molecule has 0 spiro atoms. The van der Waals surface area contributed by atoms with Gasteiger partial charge in [0, 0.05) is 32.2 Å². The topological polar surface area (TPSA) is 142 Å².